The number of aromatic amines is 1. The zero-order valence-electron chi connectivity index (χ0n) is 14.4. The fraction of sp³-hybridized carbons (Fsp3) is 0.0952. The Morgan fingerprint density at radius 2 is 1.78 bits per heavy atom. The summed E-state index contributed by atoms with van der Waals surface area (Å²) in [7, 11) is -1.08. The molecule has 27 heavy (non-hydrogen) atoms. The van der Waals surface area contributed by atoms with Crippen molar-refractivity contribution in [2.45, 2.75) is 21.6 Å². The van der Waals surface area contributed by atoms with Crippen molar-refractivity contribution >= 4 is 45.2 Å². The maximum atomic E-state index is 12.9. The van der Waals surface area contributed by atoms with E-state index < -0.39 is 10.8 Å². The normalized spacial score (nSPS) is 12.3. The minimum Gasteiger partial charge on any atom is -0.333 e. The lowest BCUT2D eigenvalue weighted by molar-refractivity contribution is 0.682. The van der Waals surface area contributed by atoms with Gasteiger partial charge in [-0.15, -0.1) is 0 Å². The van der Waals surface area contributed by atoms with Crippen molar-refractivity contribution in [3.8, 4) is 0 Å². The van der Waals surface area contributed by atoms with Gasteiger partial charge in [-0.25, -0.2) is 4.98 Å². The molecule has 0 aliphatic rings. The minimum atomic E-state index is -1.08. The molecular formula is C21H17ClN2OS2. The van der Waals surface area contributed by atoms with Crippen LogP contribution in [0.15, 0.2) is 82.8 Å². The van der Waals surface area contributed by atoms with Crippen LogP contribution in [0.1, 0.15) is 11.1 Å². The van der Waals surface area contributed by atoms with Gasteiger partial charge in [0.1, 0.15) is 0 Å². The first-order valence-electron chi connectivity index (χ1n) is 8.47. The second kappa shape index (κ2) is 8.30. The quantitative estimate of drug-likeness (QED) is 0.406. The van der Waals surface area contributed by atoms with Crippen LogP contribution in [-0.4, -0.2) is 14.2 Å². The number of benzene rings is 3. The van der Waals surface area contributed by atoms with Crippen LogP contribution in [0.2, 0.25) is 5.02 Å². The molecule has 0 radical (unpaired) electrons. The molecule has 0 spiro atoms. The van der Waals surface area contributed by atoms with Crippen molar-refractivity contribution in [3.05, 3.63) is 88.9 Å². The summed E-state index contributed by atoms with van der Waals surface area (Å²) >= 11 is 7.63. The summed E-state index contributed by atoms with van der Waals surface area (Å²) < 4.78 is 12.9. The van der Waals surface area contributed by atoms with Gasteiger partial charge in [0.05, 0.1) is 27.6 Å². The third kappa shape index (κ3) is 4.43. The number of thioether (sulfide) groups is 1. The SMILES string of the molecule is O=S(Cc1ccccc1)c1ccccc1CSc1nc2ccc(Cl)cc2[nH]1. The Bertz CT molecular complexity index is 1100. The van der Waals surface area contributed by atoms with E-state index in [0.29, 0.717) is 16.5 Å². The van der Waals surface area contributed by atoms with E-state index in [1.54, 1.807) is 11.8 Å². The summed E-state index contributed by atoms with van der Waals surface area (Å²) in [5.74, 6) is 1.22. The van der Waals surface area contributed by atoms with Gasteiger partial charge in [0.15, 0.2) is 5.16 Å². The van der Waals surface area contributed by atoms with Crippen LogP contribution < -0.4 is 0 Å². The van der Waals surface area contributed by atoms with E-state index in [1.807, 2.05) is 72.8 Å². The number of fused-ring (bicyclic) bond motifs is 1. The molecule has 3 nitrogen and oxygen atoms in total. The van der Waals surface area contributed by atoms with Crippen molar-refractivity contribution in [3.63, 3.8) is 0 Å². The summed E-state index contributed by atoms with van der Waals surface area (Å²) in [6.45, 7) is 0. The number of halogens is 1. The van der Waals surface area contributed by atoms with Crippen molar-refractivity contribution < 1.29 is 4.21 Å². The highest BCUT2D eigenvalue weighted by Gasteiger charge is 2.12. The number of rotatable bonds is 6. The first kappa shape index (κ1) is 18.3. The summed E-state index contributed by atoms with van der Waals surface area (Å²) in [5, 5.41) is 1.51. The summed E-state index contributed by atoms with van der Waals surface area (Å²) in [4.78, 5) is 8.75. The molecule has 0 saturated heterocycles. The number of nitrogens with one attached hydrogen (secondary N) is 1. The molecule has 1 heterocycles. The Labute approximate surface area is 169 Å². The summed E-state index contributed by atoms with van der Waals surface area (Å²) in [5.41, 5.74) is 3.96. The molecular weight excluding hydrogens is 396 g/mol. The molecule has 1 atom stereocenters. The molecule has 0 aliphatic heterocycles. The zero-order valence-corrected chi connectivity index (χ0v) is 16.8. The molecule has 1 aromatic heterocycles. The fourth-order valence-corrected chi connectivity index (χ4v) is 5.29. The molecule has 4 aromatic rings. The highest BCUT2D eigenvalue weighted by molar-refractivity contribution is 7.98. The molecule has 0 saturated carbocycles. The fourth-order valence-electron chi connectivity index (χ4n) is 2.82. The average molecular weight is 413 g/mol. The first-order valence-corrected chi connectivity index (χ1v) is 11.2. The number of nitrogens with zero attached hydrogens (tertiary/aromatic N) is 1. The van der Waals surface area contributed by atoms with Gasteiger partial charge >= 0.3 is 0 Å². The van der Waals surface area contributed by atoms with Crippen LogP contribution in [0, 0.1) is 0 Å². The van der Waals surface area contributed by atoms with Crippen LogP contribution in [0.25, 0.3) is 11.0 Å². The van der Waals surface area contributed by atoms with Crippen LogP contribution in [-0.2, 0) is 22.3 Å². The highest BCUT2D eigenvalue weighted by Crippen LogP contribution is 2.27. The monoisotopic (exact) mass is 412 g/mol. The van der Waals surface area contributed by atoms with E-state index in [9.17, 15) is 4.21 Å². The Balaban J connectivity index is 1.51. The van der Waals surface area contributed by atoms with Gasteiger partial charge in [0.2, 0.25) is 0 Å². The van der Waals surface area contributed by atoms with E-state index in [2.05, 4.69) is 9.97 Å². The molecule has 0 fully saturated rings. The molecule has 1 unspecified atom stereocenters. The Hall–Kier alpha value is -2.08. The average Bonchev–Trinajstić information content (AvgIpc) is 3.09. The van der Waals surface area contributed by atoms with Crippen molar-refractivity contribution in [1.82, 2.24) is 9.97 Å². The molecule has 0 amide bonds. The van der Waals surface area contributed by atoms with Gasteiger partial charge in [-0.3, -0.25) is 4.21 Å². The lowest BCUT2D eigenvalue weighted by atomic mass is 10.2. The molecule has 3 aromatic carbocycles. The molecule has 136 valence electrons. The van der Waals surface area contributed by atoms with Gasteiger partial charge in [0, 0.05) is 15.7 Å². The van der Waals surface area contributed by atoms with Gasteiger partial charge in [-0.2, -0.15) is 0 Å². The number of hydrogen-bond donors (Lipinski definition) is 1. The van der Waals surface area contributed by atoms with Gasteiger partial charge in [0.25, 0.3) is 0 Å². The molecule has 4 rings (SSSR count). The van der Waals surface area contributed by atoms with Gasteiger partial charge in [-0.05, 0) is 35.4 Å². The lowest BCUT2D eigenvalue weighted by Crippen LogP contribution is -2.00. The topological polar surface area (TPSA) is 45.8 Å². The van der Waals surface area contributed by atoms with E-state index in [1.165, 1.54) is 0 Å². The predicted molar refractivity (Wildman–Crippen MR) is 114 cm³/mol. The first-order chi connectivity index (χ1) is 13.2. The summed E-state index contributed by atoms with van der Waals surface area (Å²) in [6.07, 6.45) is 0. The third-order valence-corrected chi connectivity index (χ3v) is 6.79. The van der Waals surface area contributed by atoms with Crippen molar-refractivity contribution in [2.75, 3.05) is 0 Å². The van der Waals surface area contributed by atoms with Gasteiger partial charge < -0.3 is 4.98 Å². The van der Waals surface area contributed by atoms with E-state index in [4.69, 9.17) is 11.6 Å². The predicted octanol–water partition coefficient (Wildman–Crippen LogP) is 5.82. The second-order valence-corrected chi connectivity index (χ2v) is 8.90. The second-order valence-electron chi connectivity index (χ2n) is 6.08. The van der Waals surface area contributed by atoms with Gasteiger partial charge in [-0.1, -0.05) is 71.9 Å². The Morgan fingerprint density at radius 3 is 2.63 bits per heavy atom. The largest absolute Gasteiger partial charge is 0.333 e. The van der Waals surface area contributed by atoms with E-state index in [-0.39, 0.29) is 0 Å². The molecule has 6 heteroatoms. The van der Waals surface area contributed by atoms with E-state index >= 15 is 0 Å². The molecule has 0 aliphatic carbocycles. The minimum absolute atomic E-state index is 0.520. The number of imidazole rings is 1. The van der Waals surface area contributed by atoms with Crippen molar-refractivity contribution in [2.24, 2.45) is 0 Å². The number of aromatic nitrogens is 2. The van der Waals surface area contributed by atoms with Crippen molar-refractivity contribution in [1.29, 1.82) is 0 Å². The molecule has 1 N–H and O–H groups in total. The summed E-state index contributed by atoms with van der Waals surface area (Å²) in [6, 6.07) is 23.5. The lowest BCUT2D eigenvalue weighted by Gasteiger charge is -2.08. The Morgan fingerprint density at radius 1 is 1.00 bits per heavy atom. The number of hydrogen-bond acceptors (Lipinski definition) is 3. The maximum Gasteiger partial charge on any atom is 0.166 e. The van der Waals surface area contributed by atoms with E-state index in [0.717, 1.165) is 32.2 Å². The van der Waals surface area contributed by atoms with Crippen LogP contribution >= 0.6 is 23.4 Å². The standard InChI is InChI=1S/C21H17ClN2OS2/c22-17-10-11-18-19(12-17)24-21(23-18)26-13-16-8-4-5-9-20(16)27(25)14-15-6-2-1-3-7-15/h1-12H,13-14H2,(H,23,24). The van der Waals surface area contributed by atoms with Crippen LogP contribution in [0.4, 0.5) is 0 Å². The smallest absolute Gasteiger partial charge is 0.166 e. The van der Waals surface area contributed by atoms with Crippen LogP contribution in [0.5, 0.6) is 0 Å². The zero-order chi connectivity index (χ0) is 18.6. The molecule has 0 bridgehead atoms. The maximum absolute atomic E-state index is 12.9. The third-order valence-electron chi connectivity index (χ3n) is 4.15. The highest BCUT2D eigenvalue weighted by atomic mass is 35.5. The Kier molecular flexibility index (Phi) is 5.62. The number of H-pyrrole nitrogens is 1. The van der Waals surface area contributed by atoms with Crippen LogP contribution in [0.3, 0.4) is 0 Å².